The van der Waals surface area contributed by atoms with Gasteiger partial charge in [0.25, 0.3) is 0 Å². The zero-order valence-electron chi connectivity index (χ0n) is 15.0. The van der Waals surface area contributed by atoms with E-state index in [0.29, 0.717) is 12.6 Å². The van der Waals surface area contributed by atoms with E-state index in [2.05, 4.69) is 15.6 Å². The van der Waals surface area contributed by atoms with Crippen LogP contribution in [-0.2, 0) is 9.84 Å². The molecule has 1 aliphatic heterocycles. The van der Waals surface area contributed by atoms with Gasteiger partial charge in [-0.1, -0.05) is 30.3 Å². The maximum atomic E-state index is 13.7. The van der Waals surface area contributed by atoms with Crippen molar-refractivity contribution in [1.82, 2.24) is 10.6 Å². The lowest BCUT2D eigenvalue weighted by molar-refractivity contribution is 0.261. The van der Waals surface area contributed by atoms with Crippen molar-refractivity contribution in [3.8, 4) is 5.75 Å². The van der Waals surface area contributed by atoms with Crippen molar-refractivity contribution in [2.75, 3.05) is 26.0 Å². The predicted molar refractivity (Wildman–Crippen MR) is 102 cm³/mol. The summed E-state index contributed by atoms with van der Waals surface area (Å²) in [5.74, 6) is 0.344. The van der Waals surface area contributed by atoms with Gasteiger partial charge in [0.1, 0.15) is 16.5 Å². The Kier molecular flexibility index (Phi) is 5.95. The number of para-hydroxylation sites is 1. The van der Waals surface area contributed by atoms with Crippen LogP contribution in [0, 0.1) is 5.82 Å². The van der Waals surface area contributed by atoms with Gasteiger partial charge < -0.3 is 15.4 Å². The lowest BCUT2D eigenvalue weighted by Crippen LogP contribution is -2.42. The van der Waals surface area contributed by atoms with E-state index in [1.54, 1.807) is 7.05 Å². The van der Waals surface area contributed by atoms with Crippen molar-refractivity contribution in [3.63, 3.8) is 0 Å². The summed E-state index contributed by atoms with van der Waals surface area (Å²) in [6.45, 7) is 0.703. The number of hydrogen-bond donors (Lipinski definition) is 2. The predicted octanol–water partition coefficient (Wildman–Crippen LogP) is 2.29. The van der Waals surface area contributed by atoms with Crippen molar-refractivity contribution < 1.29 is 17.5 Å². The van der Waals surface area contributed by atoms with Gasteiger partial charge in [-0.05, 0) is 18.2 Å². The number of guanidine groups is 1. The molecule has 2 aromatic carbocycles. The minimum absolute atomic E-state index is 0.0179. The fourth-order valence-corrected chi connectivity index (χ4v) is 4.20. The summed E-state index contributed by atoms with van der Waals surface area (Å²) in [7, 11) is -2.10. The normalized spacial score (nSPS) is 17.0. The van der Waals surface area contributed by atoms with Crippen LogP contribution < -0.4 is 15.4 Å². The van der Waals surface area contributed by atoms with Gasteiger partial charge in [-0.3, -0.25) is 4.99 Å². The highest BCUT2D eigenvalue weighted by Crippen LogP contribution is 2.31. The highest BCUT2D eigenvalue weighted by Gasteiger charge is 2.22. The highest BCUT2D eigenvalue weighted by molar-refractivity contribution is 7.91. The molecule has 144 valence electrons. The first-order valence-corrected chi connectivity index (χ1v) is 10.3. The van der Waals surface area contributed by atoms with E-state index >= 15 is 0 Å². The van der Waals surface area contributed by atoms with Crippen molar-refractivity contribution in [2.45, 2.75) is 17.4 Å². The Morgan fingerprint density at radius 1 is 1.22 bits per heavy atom. The van der Waals surface area contributed by atoms with Crippen molar-refractivity contribution in [2.24, 2.45) is 4.99 Å². The lowest BCUT2D eigenvalue weighted by atomic mass is 10.0. The molecule has 1 heterocycles. The number of fused-ring (bicyclic) bond motifs is 1. The molecule has 0 spiro atoms. The average molecular weight is 391 g/mol. The van der Waals surface area contributed by atoms with E-state index < -0.39 is 15.7 Å². The molecule has 0 radical (unpaired) electrons. The van der Waals surface area contributed by atoms with Crippen LogP contribution in [0.15, 0.2) is 58.4 Å². The zero-order valence-corrected chi connectivity index (χ0v) is 15.8. The molecule has 0 saturated carbocycles. The largest absolute Gasteiger partial charge is 0.493 e. The molecule has 1 aliphatic rings. The Labute approximate surface area is 158 Å². The molecule has 3 rings (SSSR count). The summed E-state index contributed by atoms with van der Waals surface area (Å²) < 4.78 is 44.0. The van der Waals surface area contributed by atoms with Gasteiger partial charge in [0, 0.05) is 25.6 Å². The first kappa shape index (κ1) is 19.2. The molecule has 1 atom stereocenters. The van der Waals surface area contributed by atoms with Crippen LogP contribution in [0.2, 0.25) is 0 Å². The van der Waals surface area contributed by atoms with Crippen LogP contribution in [0.25, 0.3) is 0 Å². The third-order valence-electron chi connectivity index (χ3n) is 4.33. The monoisotopic (exact) mass is 391 g/mol. The fraction of sp³-hybridized carbons (Fsp3) is 0.316. The first-order chi connectivity index (χ1) is 13.0. The molecule has 2 aromatic rings. The van der Waals surface area contributed by atoms with Crippen LogP contribution in [0.5, 0.6) is 5.75 Å². The SMILES string of the molecule is CN=C(NCCS(=O)(=O)c1ccccc1F)NC1CCOc2ccccc21. The second-order valence-electron chi connectivity index (χ2n) is 6.12. The Balaban J connectivity index is 1.60. The number of hydrogen-bond acceptors (Lipinski definition) is 4. The summed E-state index contributed by atoms with van der Waals surface area (Å²) in [6, 6.07) is 13.2. The molecule has 0 aliphatic carbocycles. The second-order valence-corrected chi connectivity index (χ2v) is 8.20. The van der Waals surface area contributed by atoms with Gasteiger partial charge in [-0.15, -0.1) is 0 Å². The highest BCUT2D eigenvalue weighted by atomic mass is 32.2. The number of ether oxygens (including phenoxy) is 1. The molecule has 0 fully saturated rings. The zero-order chi connectivity index (χ0) is 19.3. The van der Waals surface area contributed by atoms with Gasteiger partial charge in [0.05, 0.1) is 18.4 Å². The second kappa shape index (κ2) is 8.39. The van der Waals surface area contributed by atoms with E-state index in [1.807, 2.05) is 24.3 Å². The molecule has 0 amide bonds. The number of benzene rings is 2. The number of halogens is 1. The maximum absolute atomic E-state index is 13.7. The molecule has 0 bridgehead atoms. The first-order valence-electron chi connectivity index (χ1n) is 8.67. The third-order valence-corrected chi connectivity index (χ3v) is 6.07. The number of aliphatic imine (C=N–C) groups is 1. The number of rotatable bonds is 5. The third kappa shape index (κ3) is 4.57. The van der Waals surface area contributed by atoms with Crippen LogP contribution >= 0.6 is 0 Å². The number of sulfone groups is 1. The molecule has 8 heteroatoms. The maximum Gasteiger partial charge on any atom is 0.191 e. The standard InChI is InChI=1S/C19H22FN3O3S/c1-21-19(23-16-10-12-26-17-8-4-2-6-14(16)17)22-11-13-27(24,25)18-9-5-3-7-15(18)20/h2-9,16H,10-13H2,1H3,(H2,21,22,23). The Bertz CT molecular complexity index is 931. The fourth-order valence-electron chi connectivity index (χ4n) is 2.96. The van der Waals surface area contributed by atoms with Crippen LogP contribution in [0.3, 0.4) is 0 Å². The van der Waals surface area contributed by atoms with Gasteiger partial charge in [0.2, 0.25) is 0 Å². The molecule has 1 unspecified atom stereocenters. The van der Waals surface area contributed by atoms with E-state index in [9.17, 15) is 12.8 Å². The topological polar surface area (TPSA) is 79.8 Å². The Morgan fingerprint density at radius 3 is 2.74 bits per heavy atom. The van der Waals surface area contributed by atoms with Crippen LogP contribution in [0.1, 0.15) is 18.0 Å². The van der Waals surface area contributed by atoms with Crippen LogP contribution in [-0.4, -0.2) is 40.3 Å². The van der Waals surface area contributed by atoms with E-state index in [-0.39, 0.29) is 23.2 Å². The molecule has 2 N–H and O–H groups in total. The lowest BCUT2D eigenvalue weighted by Gasteiger charge is -2.28. The Morgan fingerprint density at radius 2 is 1.96 bits per heavy atom. The van der Waals surface area contributed by atoms with Crippen molar-refractivity contribution >= 4 is 15.8 Å². The van der Waals surface area contributed by atoms with E-state index in [1.165, 1.54) is 18.2 Å². The van der Waals surface area contributed by atoms with Crippen molar-refractivity contribution in [3.05, 3.63) is 59.9 Å². The summed E-state index contributed by atoms with van der Waals surface area (Å²) in [5, 5.41) is 6.28. The summed E-state index contributed by atoms with van der Waals surface area (Å²) in [6.07, 6.45) is 0.769. The minimum Gasteiger partial charge on any atom is -0.493 e. The summed E-state index contributed by atoms with van der Waals surface area (Å²) >= 11 is 0. The molecule has 27 heavy (non-hydrogen) atoms. The number of nitrogens with one attached hydrogen (secondary N) is 2. The molecule has 0 saturated heterocycles. The van der Waals surface area contributed by atoms with Gasteiger partial charge in [-0.2, -0.15) is 0 Å². The molecular formula is C19H22FN3O3S. The van der Waals surface area contributed by atoms with Gasteiger partial charge in [-0.25, -0.2) is 12.8 Å². The molecule has 0 aromatic heterocycles. The smallest absolute Gasteiger partial charge is 0.191 e. The van der Waals surface area contributed by atoms with Gasteiger partial charge >= 0.3 is 0 Å². The average Bonchev–Trinajstić information content (AvgIpc) is 2.67. The van der Waals surface area contributed by atoms with E-state index in [4.69, 9.17) is 4.74 Å². The molecule has 6 nitrogen and oxygen atoms in total. The summed E-state index contributed by atoms with van der Waals surface area (Å²) in [4.78, 5) is 3.87. The minimum atomic E-state index is -3.72. The summed E-state index contributed by atoms with van der Waals surface area (Å²) in [5.41, 5.74) is 1.03. The van der Waals surface area contributed by atoms with Crippen molar-refractivity contribution in [1.29, 1.82) is 0 Å². The Hall–Kier alpha value is -2.61. The number of nitrogens with zero attached hydrogens (tertiary/aromatic N) is 1. The van der Waals surface area contributed by atoms with Crippen LogP contribution in [0.4, 0.5) is 4.39 Å². The van der Waals surface area contributed by atoms with E-state index in [0.717, 1.165) is 23.8 Å². The quantitative estimate of drug-likeness (QED) is 0.604. The van der Waals surface area contributed by atoms with Gasteiger partial charge in [0.15, 0.2) is 15.8 Å². The molecular weight excluding hydrogens is 369 g/mol.